The summed E-state index contributed by atoms with van der Waals surface area (Å²) < 4.78 is 2.40. The first kappa shape index (κ1) is 24.2. The van der Waals surface area contributed by atoms with Gasteiger partial charge in [-0.3, -0.25) is 14.5 Å². The molecule has 1 aromatic heterocycles. The van der Waals surface area contributed by atoms with E-state index < -0.39 is 0 Å². The highest BCUT2D eigenvalue weighted by atomic mass is 16.2. The van der Waals surface area contributed by atoms with Crippen LogP contribution in [0.5, 0.6) is 0 Å². The standard InChI is InChI=1S/C30H37N5O2/c1-2-29(36)33-18-22(19-33)30(37)32-26(21-8-4-3-5-9-21)14-15-34-23-12-13-24(34)17-25(16-23)35-20-31-27-10-6-7-11-28(27)35/h3-11,20,22-26H,2,12-19H2,1H3,(H,32,37)/t23-,24+,25-,26-/m0/s1. The summed E-state index contributed by atoms with van der Waals surface area (Å²) in [6, 6.07) is 20.4. The van der Waals surface area contributed by atoms with Gasteiger partial charge in [0.15, 0.2) is 0 Å². The molecule has 3 aliphatic rings. The summed E-state index contributed by atoms with van der Waals surface area (Å²) in [4.78, 5) is 34.1. The van der Waals surface area contributed by atoms with E-state index in [9.17, 15) is 9.59 Å². The number of imidazole rings is 1. The molecule has 2 bridgehead atoms. The number of aromatic nitrogens is 2. The summed E-state index contributed by atoms with van der Waals surface area (Å²) in [7, 11) is 0. The van der Waals surface area contributed by atoms with Gasteiger partial charge in [-0.2, -0.15) is 0 Å². The molecule has 3 fully saturated rings. The van der Waals surface area contributed by atoms with E-state index in [1.807, 2.05) is 31.5 Å². The van der Waals surface area contributed by atoms with E-state index in [0.29, 0.717) is 37.6 Å². The number of likely N-dealkylation sites (tertiary alicyclic amines) is 1. The maximum Gasteiger partial charge on any atom is 0.227 e. The van der Waals surface area contributed by atoms with Crippen LogP contribution >= 0.6 is 0 Å². The van der Waals surface area contributed by atoms with Gasteiger partial charge in [-0.1, -0.05) is 49.4 Å². The summed E-state index contributed by atoms with van der Waals surface area (Å²) in [5, 5.41) is 3.34. The van der Waals surface area contributed by atoms with Crippen LogP contribution in [0.2, 0.25) is 0 Å². The molecule has 0 saturated carbocycles. The lowest BCUT2D eigenvalue weighted by molar-refractivity contribution is -0.143. The van der Waals surface area contributed by atoms with Crippen LogP contribution in [0.4, 0.5) is 0 Å². The van der Waals surface area contributed by atoms with Gasteiger partial charge in [-0.15, -0.1) is 0 Å². The Balaban J connectivity index is 1.10. The molecule has 1 N–H and O–H groups in total. The maximum atomic E-state index is 13.1. The van der Waals surface area contributed by atoms with Crippen LogP contribution in [0.15, 0.2) is 60.9 Å². The molecule has 2 aromatic carbocycles. The number of hydrogen-bond acceptors (Lipinski definition) is 4. The molecular formula is C30H37N5O2. The molecule has 0 unspecified atom stereocenters. The fourth-order valence-corrected chi connectivity index (χ4v) is 6.75. The largest absolute Gasteiger partial charge is 0.349 e. The fourth-order valence-electron chi connectivity index (χ4n) is 6.75. The maximum absolute atomic E-state index is 13.1. The van der Waals surface area contributed by atoms with Crippen molar-refractivity contribution in [3.63, 3.8) is 0 Å². The third-order valence-corrected chi connectivity index (χ3v) is 8.84. The number of nitrogens with one attached hydrogen (secondary N) is 1. The highest BCUT2D eigenvalue weighted by Gasteiger charge is 2.42. The van der Waals surface area contributed by atoms with Crippen molar-refractivity contribution in [1.82, 2.24) is 24.7 Å². The number of amides is 2. The Morgan fingerprint density at radius 2 is 1.68 bits per heavy atom. The number of carbonyl (C=O) groups is 2. The first-order valence-electron chi connectivity index (χ1n) is 13.9. The third-order valence-electron chi connectivity index (χ3n) is 8.84. The van der Waals surface area contributed by atoms with Gasteiger partial charge in [0, 0.05) is 44.2 Å². The topological polar surface area (TPSA) is 70.5 Å². The summed E-state index contributed by atoms with van der Waals surface area (Å²) in [5.74, 6) is 0.104. The van der Waals surface area contributed by atoms with Gasteiger partial charge in [0.25, 0.3) is 0 Å². The Kier molecular flexibility index (Phi) is 6.72. The van der Waals surface area contributed by atoms with Gasteiger partial charge in [-0.25, -0.2) is 4.98 Å². The average Bonchev–Trinajstić information content (AvgIpc) is 3.43. The predicted octanol–water partition coefficient (Wildman–Crippen LogP) is 4.32. The van der Waals surface area contributed by atoms with E-state index in [2.05, 4.69) is 56.2 Å². The average molecular weight is 500 g/mol. The number of hydrogen-bond donors (Lipinski definition) is 1. The Bertz CT molecular complexity index is 1240. The van der Waals surface area contributed by atoms with Crippen molar-refractivity contribution in [3.05, 3.63) is 66.5 Å². The fraction of sp³-hybridized carbons (Fsp3) is 0.500. The molecule has 6 rings (SSSR count). The number of para-hydroxylation sites is 2. The molecule has 4 heterocycles. The lowest BCUT2D eigenvalue weighted by Gasteiger charge is -2.41. The highest BCUT2D eigenvalue weighted by Crippen LogP contribution is 2.42. The van der Waals surface area contributed by atoms with Gasteiger partial charge in [0.1, 0.15) is 0 Å². The number of rotatable bonds is 8. The molecule has 2 amide bonds. The molecule has 0 radical (unpaired) electrons. The van der Waals surface area contributed by atoms with Gasteiger partial charge < -0.3 is 14.8 Å². The molecule has 3 aromatic rings. The van der Waals surface area contributed by atoms with Crippen molar-refractivity contribution in [3.8, 4) is 0 Å². The normalized spacial score (nSPS) is 24.7. The van der Waals surface area contributed by atoms with Crippen molar-refractivity contribution in [2.24, 2.45) is 5.92 Å². The lowest BCUT2D eigenvalue weighted by Crippen LogP contribution is -2.56. The van der Waals surface area contributed by atoms with Crippen LogP contribution in [-0.4, -0.2) is 62.9 Å². The van der Waals surface area contributed by atoms with Gasteiger partial charge >= 0.3 is 0 Å². The van der Waals surface area contributed by atoms with Crippen molar-refractivity contribution in [2.45, 2.75) is 69.6 Å². The molecule has 3 aliphatic heterocycles. The van der Waals surface area contributed by atoms with Gasteiger partial charge in [-0.05, 0) is 49.8 Å². The number of carbonyl (C=O) groups excluding carboxylic acids is 2. The number of fused-ring (bicyclic) bond motifs is 3. The molecule has 37 heavy (non-hydrogen) atoms. The number of benzene rings is 2. The molecule has 3 saturated heterocycles. The van der Waals surface area contributed by atoms with Crippen LogP contribution < -0.4 is 5.32 Å². The second-order valence-electron chi connectivity index (χ2n) is 11.0. The van der Waals surface area contributed by atoms with E-state index >= 15 is 0 Å². The number of nitrogens with zero attached hydrogens (tertiary/aromatic N) is 4. The van der Waals surface area contributed by atoms with E-state index in [4.69, 9.17) is 0 Å². The smallest absolute Gasteiger partial charge is 0.227 e. The highest BCUT2D eigenvalue weighted by molar-refractivity contribution is 5.84. The predicted molar refractivity (Wildman–Crippen MR) is 144 cm³/mol. The van der Waals surface area contributed by atoms with Crippen molar-refractivity contribution in [1.29, 1.82) is 0 Å². The van der Waals surface area contributed by atoms with Crippen molar-refractivity contribution >= 4 is 22.8 Å². The first-order chi connectivity index (χ1) is 18.1. The Morgan fingerprint density at radius 1 is 0.973 bits per heavy atom. The second-order valence-corrected chi connectivity index (χ2v) is 11.0. The minimum atomic E-state index is -0.0985. The molecule has 0 aliphatic carbocycles. The minimum absolute atomic E-state index is 0.0145. The second kappa shape index (κ2) is 10.3. The zero-order valence-corrected chi connectivity index (χ0v) is 21.6. The first-order valence-corrected chi connectivity index (χ1v) is 13.9. The molecule has 4 atom stereocenters. The number of piperidine rings is 1. The Hall–Kier alpha value is -3.19. The van der Waals surface area contributed by atoms with Gasteiger partial charge in [0.2, 0.25) is 11.8 Å². The van der Waals surface area contributed by atoms with Crippen molar-refractivity contribution < 1.29 is 9.59 Å². The Labute approximate surface area is 218 Å². The van der Waals surface area contributed by atoms with E-state index in [1.54, 1.807) is 4.90 Å². The summed E-state index contributed by atoms with van der Waals surface area (Å²) in [6.45, 7) is 3.94. The minimum Gasteiger partial charge on any atom is -0.349 e. The van der Waals surface area contributed by atoms with Crippen LogP contribution in [0.1, 0.15) is 63.1 Å². The van der Waals surface area contributed by atoms with Crippen LogP contribution in [0.3, 0.4) is 0 Å². The van der Waals surface area contributed by atoms with Crippen LogP contribution in [-0.2, 0) is 9.59 Å². The van der Waals surface area contributed by atoms with E-state index in [0.717, 1.165) is 36.9 Å². The molecule has 7 nitrogen and oxygen atoms in total. The monoisotopic (exact) mass is 499 g/mol. The van der Waals surface area contributed by atoms with Gasteiger partial charge in [0.05, 0.1) is 29.3 Å². The van der Waals surface area contributed by atoms with E-state index in [-0.39, 0.29) is 23.8 Å². The molecule has 194 valence electrons. The van der Waals surface area contributed by atoms with Crippen LogP contribution in [0, 0.1) is 5.92 Å². The quantitative estimate of drug-likeness (QED) is 0.501. The zero-order valence-electron chi connectivity index (χ0n) is 21.6. The zero-order chi connectivity index (χ0) is 25.4. The SMILES string of the molecule is CCC(=O)N1CC(C(=O)N[C@@H](CCN2[C@@H]3CC[C@H]2C[C@H](n2cnc4ccccc42)C3)c2ccccc2)C1. The third kappa shape index (κ3) is 4.77. The summed E-state index contributed by atoms with van der Waals surface area (Å²) >= 11 is 0. The summed E-state index contributed by atoms with van der Waals surface area (Å²) in [5.41, 5.74) is 3.47. The summed E-state index contributed by atoms with van der Waals surface area (Å²) in [6.07, 6.45) is 8.23. The Morgan fingerprint density at radius 3 is 2.41 bits per heavy atom. The van der Waals surface area contributed by atoms with Crippen LogP contribution in [0.25, 0.3) is 11.0 Å². The molecule has 7 heteroatoms. The molecule has 0 spiro atoms. The lowest BCUT2D eigenvalue weighted by atomic mass is 9.94. The van der Waals surface area contributed by atoms with Crippen molar-refractivity contribution in [2.75, 3.05) is 19.6 Å². The van der Waals surface area contributed by atoms with E-state index in [1.165, 1.54) is 18.4 Å². The molecular weight excluding hydrogens is 462 g/mol.